The second-order valence-corrected chi connectivity index (χ2v) is 12.7. The van der Waals surface area contributed by atoms with Crippen molar-refractivity contribution in [1.29, 1.82) is 0 Å². The van der Waals surface area contributed by atoms with E-state index >= 15 is 0 Å². The SMILES string of the molecule is CN=S(=O)(NC1CN(c2ncccn2)CC(N2c3ccccc3CCc3ccccc32)C1O)c1ccc(OC(F)(F)F)cc1. The molecule has 0 aliphatic carbocycles. The minimum absolute atomic E-state index is 0.150. The van der Waals surface area contributed by atoms with Crippen molar-refractivity contribution >= 4 is 27.2 Å². The molecule has 44 heavy (non-hydrogen) atoms. The number of para-hydroxylation sites is 2. The van der Waals surface area contributed by atoms with Gasteiger partial charge in [-0.2, -0.15) is 0 Å². The summed E-state index contributed by atoms with van der Waals surface area (Å²) in [5.41, 5.74) is 4.22. The fourth-order valence-corrected chi connectivity index (χ4v) is 7.49. The number of nitrogens with zero attached hydrogens (tertiary/aromatic N) is 5. The number of halogens is 3. The Bertz CT molecular complexity index is 1680. The van der Waals surface area contributed by atoms with Gasteiger partial charge in [-0.1, -0.05) is 36.4 Å². The number of piperidine rings is 1. The highest BCUT2D eigenvalue weighted by Crippen LogP contribution is 2.40. The summed E-state index contributed by atoms with van der Waals surface area (Å²) in [7, 11) is -2.03. The fourth-order valence-electron chi connectivity index (χ4n) is 5.91. The first-order valence-electron chi connectivity index (χ1n) is 14.1. The summed E-state index contributed by atoms with van der Waals surface area (Å²) < 4.78 is 63.5. The quantitative estimate of drug-likeness (QED) is 0.315. The molecule has 0 spiro atoms. The number of aliphatic hydroxyl groups is 1. The number of hydrogen-bond donors (Lipinski definition) is 2. The summed E-state index contributed by atoms with van der Waals surface area (Å²) >= 11 is 0. The Balaban J connectivity index is 1.40. The van der Waals surface area contributed by atoms with Gasteiger partial charge in [0.25, 0.3) is 0 Å². The maximum absolute atomic E-state index is 14.2. The third-order valence-electron chi connectivity index (χ3n) is 7.91. The van der Waals surface area contributed by atoms with Gasteiger partial charge < -0.3 is 19.6 Å². The van der Waals surface area contributed by atoms with Gasteiger partial charge in [0.2, 0.25) is 5.95 Å². The van der Waals surface area contributed by atoms with Crippen molar-refractivity contribution in [3.8, 4) is 5.75 Å². The van der Waals surface area contributed by atoms with Crippen LogP contribution < -0.4 is 19.3 Å². The number of fused-ring (bicyclic) bond motifs is 2. The molecule has 1 fully saturated rings. The van der Waals surface area contributed by atoms with Gasteiger partial charge in [0, 0.05) is 43.9 Å². The molecular weight excluding hydrogens is 593 g/mol. The van der Waals surface area contributed by atoms with E-state index in [2.05, 4.69) is 40.8 Å². The first kappa shape index (κ1) is 29.9. The van der Waals surface area contributed by atoms with Crippen LogP contribution in [0.1, 0.15) is 11.1 Å². The predicted molar refractivity (Wildman–Crippen MR) is 161 cm³/mol. The molecule has 1 saturated heterocycles. The first-order valence-corrected chi connectivity index (χ1v) is 15.6. The summed E-state index contributed by atoms with van der Waals surface area (Å²) in [6.07, 6.45) is -0.977. The Morgan fingerprint density at radius 1 is 0.909 bits per heavy atom. The molecule has 4 unspecified atom stereocenters. The average Bonchev–Trinajstić information content (AvgIpc) is 3.19. The van der Waals surface area contributed by atoms with Gasteiger partial charge in [0.05, 0.1) is 23.1 Å². The van der Waals surface area contributed by atoms with E-state index in [-0.39, 0.29) is 11.4 Å². The number of rotatable bonds is 6. The largest absolute Gasteiger partial charge is 0.573 e. The van der Waals surface area contributed by atoms with Gasteiger partial charge >= 0.3 is 6.36 Å². The highest BCUT2D eigenvalue weighted by atomic mass is 32.2. The normalized spacial score (nSPS) is 21.4. The van der Waals surface area contributed by atoms with Crippen LogP contribution in [-0.4, -0.2) is 64.0 Å². The van der Waals surface area contributed by atoms with Gasteiger partial charge in [-0.15, -0.1) is 13.2 Å². The number of aromatic nitrogens is 2. The lowest BCUT2D eigenvalue weighted by atomic mass is 9.94. The molecule has 9 nitrogen and oxygen atoms in total. The molecule has 2 aliphatic rings. The zero-order valence-corrected chi connectivity index (χ0v) is 24.6. The van der Waals surface area contributed by atoms with E-state index in [1.54, 1.807) is 18.5 Å². The van der Waals surface area contributed by atoms with Gasteiger partial charge in [0.1, 0.15) is 15.7 Å². The average molecular weight is 625 g/mol. The lowest BCUT2D eigenvalue weighted by Crippen LogP contribution is -2.65. The summed E-state index contributed by atoms with van der Waals surface area (Å²) in [5, 5.41) is 12.1. The topological polar surface area (TPSA) is 103 Å². The number of aliphatic hydroxyl groups excluding tert-OH is 1. The third-order valence-corrected chi connectivity index (χ3v) is 9.96. The number of aryl methyl sites for hydroxylation is 2. The summed E-state index contributed by atoms with van der Waals surface area (Å²) in [5.74, 6) is 0.00365. The maximum atomic E-state index is 14.2. The molecule has 2 N–H and O–H groups in total. The second-order valence-electron chi connectivity index (χ2n) is 10.6. The molecule has 230 valence electrons. The number of anilines is 3. The standard InChI is InChI=1S/C31H31F3N6O3S/c1-35-44(42,24-15-13-23(14-16-24)43-31(32,33)34)38-25-19-39(30-36-17-6-18-37-30)20-28(29(25)41)40-26-9-4-2-7-21(26)11-12-22-8-3-5-10-27(22)40/h2-10,13-18,25,28-29,41H,11-12,19-20H2,1H3,(H,35,38,42). The van der Waals surface area contributed by atoms with Crippen molar-refractivity contribution in [2.24, 2.45) is 4.36 Å². The van der Waals surface area contributed by atoms with E-state index in [0.717, 1.165) is 47.5 Å². The molecule has 0 bridgehead atoms. The van der Waals surface area contributed by atoms with Crippen molar-refractivity contribution in [1.82, 2.24) is 14.7 Å². The lowest BCUT2D eigenvalue weighted by Gasteiger charge is -2.47. The summed E-state index contributed by atoms with van der Waals surface area (Å²) in [4.78, 5) is 13.1. The van der Waals surface area contributed by atoms with E-state index < -0.39 is 40.2 Å². The highest BCUT2D eigenvalue weighted by Gasteiger charge is 2.43. The number of benzene rings is 3. The number of nitrogens with one attached hydrogen (secondary N) is 1. The number of alkyl halides is 3. The van der Waals surface area contributed by atoms with Gasteiger partial charge in [0.15, 0.2) is 0 Å². The zero-order valence-electron chi connectivity index (χ0n) is 23.8. The molecule has 13 heteroatoms. The van der Waals surface area contributed by atoms with Crippen LogP contribution in [-0.2, 0) is 22.8 Å². The molecule has 0 saturated carbocycles. The van der Waals surface area contributed by atoms with Crippen LogP contribution in [0, 0.1) is 0 Å². The van der Waals surface area contributed by atoms with E-state index in [1.807, 2.05) is 41.3 Å². The highest BCUT2D eigenvalue weighted by molar-refractivity contribution is 7.91. The Labute approximate surface area is 253 Å². The lowest BCUT2D eigenvalue weighted by molar-refractivity contribution is -0.274. The minimum atomic E-state index is -4.86. The van der Waals surface area contributed by atoms with Crippen LogP contribution in [0.2, 0.25) is 0 Å². The molecule has 2 aliphatic heterocycles. The smallest absolute Gasteiger partial charge is 0.406 e. The Hall–Kier alpha value is -4.20. The minimum Gasteiger partial charge on any atom is -0.406 e. The van der Waals surface area contributed by atoms with E-state index in [0.29, 0.717) is 12.5 Å². The van der Waals surface area contributed by atoms with Crippen molar-refractivity contribution in [3.63, 3.8) is 0 Å². The van der Waals surface area contributed by atoms with Crippen LogP contribution >= 0.6 is 0 Å². The van der Waals surface area contributed by atoms with Gasteiger partial charge in [-0.25, -0.2) is 23.3 Å². The van der Waals surface area contributed by atoms with Gasteiger partial charge in [-0.05, 0) is 66.4 Å². The monoisotopic (exact) mass is 624 g/mol. The zero-order chi connectivity index (χ0) is 30.9. The van der Waals surface area contributed by atoms with E-state index in [9.17, 15) is 22.5 Å². The maximum Gasteiger partial charge on any atom is 0.573 e. The van der Waals surface area contributed by atoms with Crippen molar-refractivity contribution in [2.45, 2.75) is 42.3 Å². The van der Waals surface area contributed by atoms with Crippen molar-refractivity contribution in [2.75, 3.05) is 29.9 Å². The van der Waals surface area contributed by atoms with Gasteiger partial charge in [-0.3, -0.25) is 0 Å². The fraction of sp³-hybridized carbons (Fsp3) is 0.290. The number of ether oxygens (including phenoxy) is 1. The summed E-state index contributed by atoms with van der Waals surface area (Å²) in [6.45, 7) is 0.556. The molecule has 1 aromatic heterocycles. The molecular formula is C31H31F3N6O3S. The molecule has 0 amide bonds. The molecule has 3 heterocycles. The van der Waals surface area contributed by atoms with Crippen molar-refractivity contribution in [3.05, 3.63) is 102 Å². The van der Waals surface area contributed by atoms with Crippen LogP contribution in [0.5, 0.6) is 5.75 Å². The van der Waals surface area contributed by atoms with E-state index in [4.69, 9.17) is 0 Å². The molecule has 6 rings (SSSR count). The van der Waals surface area contributed by atoms with Crippen molar-refractivity contribution < 1.29 is 27.2 Å². The Kier molecular flexibility index (Phi) is 8.18. The van der Waals surface area contributed by atoms with E-state index in [1.165, 1.54) is 19.2 Å². The molecule has 3 aromatic carbocycles. The van der Waals surface area contributed by atoms with Crippen LogP contribution in [0.4, 0.5) is 30.5 Å². The molecule has 4 atom stereocenters. The number of hydrogen-bond acceptors (Lipinski definition) is 8. The van der Waals surface area contributed by atoms with Crippen LogP contribution in [0.25, 0.3) is 0 Å². The molecule has 4 aromatic rings. The first-order chi connectivity index (χ1) is 21.1. The molecule has 0 radical (unpaired) electrons. The van der Waals surface area contributed by atoms with Crippen LogP contribution in [0.3, 0.4) is 0 Å². The predicted octanol–water partition coefficient (Wildman–Crippen LogP) is 4.89. The Morgan fingerprint density at radius 3 is 2.07 bits per heavy atom. The second kappa shape index (κ2) is 12.1. The summed E-state index contributed by atoms with van der Waals surface area (Å²) in [6, 6.07) is 21.3. The third kappa shape index (κ3) is 6.07. The Morgan fingerprint density at radius 2 is 1.50 bits per heavy atom. The van der Waals surface area contributed by atoms with Crippen LogP contribution in [0.15, 0.2) is 101 Å².